The molecule has 6 nitrogen and oxygen atoms in total. The average Bonchev–Trinajstić information content (AvgIpc) is 2.65. The maximum atomic E-state index is 12.6. The first-order chi connectivity index (χ1) is 11.9. The molecule has 0 aromatic heterocycles. The molecular weight excluding hydrogens is 340 g/mol. The summed E-state index contributed by atoms with van der Waals surface area (Å²) in [6.07, 6.45) is 2.04. The van der Waals surface area contributed by atoms with Crippen LogP contribution in [0.15, 0.2) is 29.2 Å². The number of nitrogens with zero attached hydrogens (tertiary/aromatic N) is 2. The van der Waals surface area contributed by atoms with Crippen LogP contribution >= 0.6 is 0 Å². The number of ether oxygens (including phenoxy) is 2. The van der Waals surface area contributed by atoms with E-state index in [0.29, 0.717) is 31.2 Å². The van der Waals surface area contributed by atoms with Crippen molar-refractivity contribution in [2.45, 2.75) is 36.8 Å². The average molecular weight is 368 g/mol. The Bertz CT molecular complexity index is 661. The van der Waals surface area contributed by atoms with Gasteiger partial charge in [-0.15, -0.1) is 0 Å². The molecular formula is C18H28N2O4S. The summed E-state index contributed by atoms with van der Waals surface area (Å²) in [5.41, 5.74) is 1.13. The number of morpholine rings is 1. The zero-order valence-electron chi connectivity index (χ0n) is 15.1. The van der Waals surface area contributed by atoms with Crippen LogP contribution in [0.2, 0.25) is 0 Å². The minimum Gasteiger partial charge on any atom is -0.379 e. The molecule has 0 N–H and O–H groups in total. The molecule has 0 unspecified atom stereocenters. The Balaban J connectivity index is 1.61. The SMILES string of the molecule is COC1(C)CCN(Cc2ccc(S(=O)(=O)N3CCOCC3)cc2)CC1. The molecule has 3 rings (SSSR count). The first-order valence-electron chi connectivity index (χ1n) is 8.87. The van der Waals surface area contributed by atoms with Crippen LogP contribution in [0, 0.1) is 0 Å². The molecule has 0 spiro atoms. The second-order valence-electron chi connectivity index (χ2n) is 7.09. The van der Waals surface area contributed by atoms with E-state index < -0.39 is 10.0 Å². The third-order valence-corrected chi connectivity index (χ3v) is 7.26. The number of benzene rings is 1. The molecule has 0 bridgehead atoms. The van der Waals surface area contributed by atoms with Crippen LogP contribution < -0.4 is 0 Å². The van der Waals surface area contributed by atoms with Crippen molar-refractivity contribution < 1.29 is 17.9 Å². The van der Waals surface area contributed by atoms with E-state index in [9.17, 15) is 8.42 Å². The number of piperidine rings is 1. The monoisotopic (exact) mass is 368 g/mol. The van der Waals surface area contributed by atoms with Crippen LogP contribution in [0.5, 0.6) is 0 Å². The molecule has 7 heteroatoms. The maximum Gasteiger partial charge on any atom is 0.243 e. The first-order valence-corrected chi connectivity index (χ1v) is 10.3. The topological polar surface area (TPSA) is 59.1 Å². The molecule has 0 saturated carbocycles. The van der Waals surface area contributed by atoms with Crippen molar-refractivity contribution in [3.63, 3.8) is 0 Å². The molecule has 0 radical (unpaired) electrons. The zero-order chi connectivity index (χ0) is 17.9. The summed E-state index contributed by atoms with van der Waals surface area (Å²) < 4.78 is 37.6. The van der Waals surface area contributed by atoms with E-state index in [-0.39, 0.29) is 5.60 Å². The minimum atomic E-state index is -3.41. The van der Waals surface area contributed by atoms with Crippen LogP contribution in [0.3, 0.4) is 0 Å². The Hall–Kier alpha value is -0.990. The van der Waals surface area contributed by atoms with Crippen molar-refractivity contribution in [3.05, 3.63) is 29.8 Å². The Kier molecular flexibility index (Phi) is 5.80. The molecule has 1 aromatic carbocycles. The number of methoxy groups -OCH3 is 1. The fraction of sp³-hybridized carbons (Fsp3) is 0.667. The number of hydrogen-bond donors (Lipinski definition) is 0. The molecule has 2 fully saturated rings. The van der Waals surface area contributed by atoms with E-state index >= 15 is 0 Å². The Labute approximate surface area is 150 Å². The smallest absolute Gasteiger partial charge is 0.243 e. The first kappa shape index (κ1) is 18.8. The van der Waals surface area contributed by atoms with Crippen molar-refractivity contribution in [3.8, 4) is 0 Å². The van der Waals surface area contributed by atoms with Gasteiger partial charge in [0.15, 0.2) is 0 Å². The molecule has 2 aliphatic heterocycles. The van der Waals surface area contributed by atoms with Crippen molar-refractivity contribution >= 4 is 10.0 Å². The number of likely N-dealkylation sites (tertiary alicyclic amines) is 1. The van der Waals surface area contributed by atoms with Crippen molar-refractivity contribution in [1.29, 1.82) is 0 Å². The third-order valence-electron chi connectivity index (χ3n) is 5.34. The molecule has 0 atom stereocenters. The van der Waals surface area contributed by atoms with Gasteiger partial charge >= 0.3 is 0 Å². The van der Waals surface area contributed by atoms with Crippen LogP contribution in [0.1, 0.15) is 25.3 Å². The van der Waals surface area contributed by atoms with E-state index in [1.54, 1.807) is 19.2 Å². The lowest BCUT2D eigenvalue weighted by atomic mass is 9.93. The van der Waals surface area contributed by atoms with Gasteiger partial charge in [-0.3, -0.25) is 4.90 Å². The van der Waals surface area contributed by atoms with Crippen LogP contribution in [-0.2, 0) is 26.0 Å². The van der Waals surface area contributed by atoms with Gasteiger partial charge in [0.1, 0.15) is 0 Å². The Morgan fingerprint density at radius 1 is 1.08 bits per heavy atom. The molecule has 0 aliphatic carbocycles. The molecule has 1 aromatic rings. The third kappa shape index (κ3) is 4.41. The van der Waals surface area contributed by atoms with Crippen molar-refractivity contribution in [2.75, 3.05) is 46.5 Å². The van der Waals surface area contributed by atoms with Gasteiger partial charge in [-0.25, -0.2) is 8.42 Å². The van der Waals surface area contributed by atoms with Gasteiger partial charge < -0.3 is 9.47 Å². The summed E-state index contributed by atoms with van der Waals surface area (Å²) in [6.45, 7) is 6.79. The zero-order valence-corrected chi connectivity index (χ0v) is 15.9. The lowest BCUT2D eigenvalue weighted by Gasteiger charge is -2.38. The van der Waals surface area contributed by atoms with Gasteiger partial charge in [0.2, 0.25) is 10.0 Å². The van der Waals surface area contributed by atoms with Gasteiger partial charge in [-0.05, 0) is 37.5 Å². The molecule has 2 aliphatic rings. The van der Waals surface area contributed by atoms with Gasteiger partial charge in [0, 0.05) is 39.8 Å². The highest BCUT2D eigenvalue weighted by Crippen LogP contribution is 2.26. The van der Waals surface area contributed by atoms with E-state index in [2.05, 4.69) is 11.8 Å². The van der Waals surface area contributed by atoms with E-state index in [0.717, 1.165) is 38.0 Å². The van der Waals surface area contributed by atoms with Crippen molar-refractivity contribution in [2.24, 2.45) is 0 Å². The molecule has 140 valence electrons. The summed E-state index contributed by atoms with van der Waals surface area (Å²) in [7, 11) is -1.63. The van der Waals surface area contributed by atoms with Crippen LogP contribution in [-0.4, -0.2) is 69.7 Å². The van der Waals surface area contributed by atoms with Crippen molar-refractivity contribution in [1.82, 2.24) is 9.21 Å². The van der Waals surface area contributed by atoms with Gasteiger partial charge in [-0.1, -0.05) is 12.1 Å². The van der Waals surface area contributed by atoms with Gasteiger partial charge in [0.25, 0.3) is 0 Å². The standard InChI is InChI=1S/C18H28N2O4S/c1-18(23-2)7-9-19(10-8-18)15-16-3-5-17(6-4-16)25(21,22)20-11-13-24-14-12-20/h3-6H,7-15H2,1-2H3. The van der Waals surface area contributed by atoms with Crippen LogP contribution in [0.25, 0.3) is 0 Å². The fourth-order valence-corrected chi connectivity index (χ4v) is 4.76. The molecule has 2 heterocycles. The summed E-state index contributed by atoms with van der Waals surface area (Å²) in [5.74, 6) is 0. The van der Waals surface area contributed by atoms with E-state index in [1.807, 2.05) is 12.1 Å². The van der Waals surface area contributed by atoms with Gasteiger partial charge in [-0.2, -0.15) is 4.31 Å². The lowest BCUT2D eigenvalue weighted by molar-refractivity contribution is -0.0440. The van der Waals surface area contributed by atoms with Crippen LogP contribution in [0.4, 0.5) is 0 Å². The number of sulfonamides is 1. The number of rotatable bonds is 5. The predicted molar refractivity (Wildman–Crippen MR) is 95.9 cm³/mol. The second-order valence-corrected chi connectivity index (χ2v) is 9.03. The molecule has 25 heavy (non-hydrogen) atoms. The minimum absolute atomic E-state index is 0.00735. The summed E-state index contributed by atoms with van der Waals surface area (Å²) in [6, 6.07) is 7.31. The quantitative estimate of drug-likeness (QED) is 0.792. The molecule has 0 amide bonds. The predicted octanol–water partition coefficient (Wildman–Crippen LogP) is 1.71. The Morgan fingerprint density at radius 3 is 2.24 bits per heavy atom. The maximum absolute atomic E-state index is 12.6. The van der Waals surface area contributed by atoms with Gasteiger partial charge in [0.05, 0.1) is 23.7 Å². The summed E-state index contributed by atoms with van der Waals surface area (Å²) in [4.78, 5) is 2.76. The van der Waals surface area contributed by atoms with E-state index in [4.69, 9.17) is 9.47 Å². The second kappa shape index (κ2) is 7.72. The highest BCUT2D eigenvalue weighted by molar-refractivity contribution is 7.89. The number of hydrogen-bond acceptors (Lipinski definition) is 5. The highest BCUT2D eigenvalue weighted by atomic mass is 32.2. The Morgan fingerprint density at radius 2 is 1.68 bits per heavy atom. The highest BCUT2D eigenvalue weighted by Gasteiger charge is 2.30. The summed E-state index contributed by atoms with van der Waals surface area (Å²) in [5, 5.41) is 0. The molecule has 2 saturated heterocycles. The normalized spacial score (nSPS) is 22.8. The van der Waals surface area contributed by atoms with E-state index in [1.165, 1.54) is 4.31 Å². The largest absolute Gasteiger partial charge is 0.379 e. The lowest BCUT2D eigenvalue weighted by Crippen LogP contribution is -2.43. The fourth-order valence-electron chi connectivity index (χ4n) is 3.35. The summed E-state index contributed by atoms with van der Waals surface area (Å²) >= 11 is 0.